The lowest BCUT2D eigenvalue weighted by molar-refractivity contribution is -0.115. The number of aromatic nitrogens is 4. The molecule has 9 heteroatoms. The van der Waals surface area contributed by atoms with E-state index in [0.717, 1.165) is 0 Å². The van der Waals surface area contributed by atoms with E-state index in [9.17, 15) is 13.2 Å². The Morgan fingerprint density at radius 2 is 2.06 bits per heavy atom. The van der Waals surface area contributed by atoms with Crippen LogP contribution in [0, 0.1) is 0 Å². The Kier molecular flexibility index (Phi) is 3.21. The number of imidazole rings is 1. The molecule has 0 aliphatic carbocycles. The van der Waals surface area contributed by atoms with Gasteiger partial charge in [-0.15, -0.1) is 0 Å². The molecule has 2 heterocycles. The van der Waals surface area contributed by atoms with E-state index >= 15 is 0 Å². The Morgan fingerprint density at radius 3 is 2.72 bits per heavy atom. The minimum atomic E-state index is -4.31. The Balaban J connectivity index is 2.31. The molecule has 18 heavy (non-hydrogen) atoms. The fourth-order valence-corrected chi connectivity index (χ4v) is 1.38. The van der Waals surface area contributed by atoms with Crippen LogP contribution in [0.1, 0.15) is 6.92 Å². The van der Waals surface area contributed by atoms with Crippen molar-refractivity contribution in [3.05, 3.63) is 6.33 Å². The first-order valence-corrected chi connectivity index (χ1v) is 5.25. The maximum atomic E-state index is 12.2. The molecule has 6 nitrogen and oxygen atoms in total. The van der Waals surface area contributed by atoms with Crippen molar-refractivity contribution in [2.75, 3.05) is 23.7 Å². The van der Waals surface area contributed by atoms with E-state index in [1.54, 1.807) is 0 Å². The maximum Gasteiger partial charge on any atom is 0.405 e. The van der Waals surface area contributed by atoms with Gasteiger partial charge in [0.2, 0.25) is 5.95 Å². The Morgan fingerprint density at radius 1 is 1.28 bits per heavy atom. The van der Waals surface area contributed by atoms with Crippen molar-refractivity contribution in [1.29, 1.82) is 0 Å². The van der Waals surface area contributed by atoms with Gasteiger partial charge < -0.3 is 15.6 Å². The summed E-state index contributed by atoms with van der Waals surface area (Å²) in [6.45, 7) is 1.24. The van der Waals surface area contributed by atoms with E-state index in [1.165, 1.54) is 6.33 Å². The zero-order chi connectivity index (χ0) is 13.2. The van der Waals surface area contributed by atoms with Gasteiger partial charge in [0.25, 0.3) is 0 Å². The van der Waals surface area contributed by atoms with E-state index in [-0.39, 0.29) is 11.8 Å². The van der Waals surface area contributed by atoms with Crippen LogP contribution in [-0.4, -0.2) is 39.2 Å². The number of halogens is 3. The summed E-state index contributed by atoms with van der Waals surface area (Å²) in [4.78, 5) is 14.6. The lowest BCUT2D eigenvalue weighted by atomic mass is 10.4. The number of H-pyrrole nitrogens is 1. The zero-order valence-corrected chi connectivity index (χ0v) is 9.47. The molecule has 2 aromatic rings. The van der Waals surface area contributed by atoms with Crippen molar-refractivity contribution < 1.29 is 13.2 Å². The highest BCUT2D eigenvalue weighted by molar-refractivity contribution is 5.83. The van der Waals surface area contributed by atoms with Gasteiger partial charge >= 0.3 is 6.18 Å². The topological polar surface area (TPSA) is 78.5 Å². The number of nitrogens with one attached hydrogen (secondary N) is 3. The van der Waals surface area contributed by atoms with Crippen LogP contribution in [-0.2, 0) is 0 Å². The number of nitrogens with zero attached hydrogens (tertiary/aromatic N) is 3. The minimum Gasteiger partial charge on any atom is -0.359 e. The summed E-state index contributed by atoms with van der Waals surface area (Å²) in [6, 6.07) is 0. The van der Waals surface area contributed by atoms with Crippen LogP contribution in [0.15, 0.2) is 6.33 Å². The van der Waals surface area contributed by atoms with Gasteiger partial charge in [-0.05, 0) is 6.92 Å². The van der Waals surface area contributed by atoms with Crippen LogP contribution >= 0.6 is 0 Å². The number of alkyl halides is 3. The fourth-order valence-electron chi connectivity index (χ4n) is 1.38. The lowest BCUT2D eigenvalue weighted by Crippen LogP contribution is -2.22. The molecule has 0 saturated carbocycles. The van der Waals surface area contributed by atoms with Crippen molar-refractivity contribution in [2.45, 2.75) is 13.1 Å². The molecule has 0 spiro atoms. The van der Waals surface area contributed by atoms with Gasteiger partial charge in [-0.25, -0.2) is 4.98 Å². The summed E-state index contributed by atoms with van der Waals surface area (Å²) in [6.07, 6.45) is -2.95. The summed E-state index contributed by atoms with van der Waals surface area (Å²) in [5, 5.41) is 5.05. The molecule has 0 aliphatic heterocycles. The van der Waals surface area contributed by atoms with Crippen LogP contribution in [0.25, 0.3) is 11.2 Å². The molecular formula is C9H11F3N6. The first kappa shape index (κ1) is 12.4. The van der Waals surface area contributed by atoms with Crippen LogP contribution in [0.5, 0.6) is 0 Å². The molecule has 0 atom stereocenters. The van der Waals surface area contributed by atoms with Gasteiger partial charge in [-0.3, -0.25) is 0 Å². The highest BCUT2D eigenvalue weighted by Crippen LogP contribution is 2.21. The third-order valence-electron chi connectivity index (χ3n) is 2.08. The standard InChI is InChI=1S/C9H11F3N6/c1-2-13-8-17-6(14-3-9(10,11)12)5-7(18-8)16-4-15-5/h4H,2-3H2,1H3,(H3,13,14,15,16,17,18). The molecule has 0 bridgehead atoms. The van der Waals surface area contributed by atoms with Crippen LogP contribution in [0.4, 0.5) is 24.9 Å². The van der Waals surface area contributed by atoms with Crippen molar-refractivity contribution >= 4 is 22.9 Å². The molecule has 0 aromatic carbocycles. The highest BCUT2D eigenvalue weighted by atomic mass is 19.4. The average molecular weight is 260 g/mol. The molecule has 0 unspecified atom stereocenters. The Labute approximate surface area is 100 Å². The Bertz CT molecular complexity index is 535. The van der Waals surface area contributed by atoms with Gasteiger partial charge in [0.15, 0.2) is 11.5 Å². The average Bonchev–Trinajstić information content (AvgIpc) is 2.73. The van der Waals surface area contributed by atoms with Crippen LogP contribution < -0.4 is 10.6 Å². The summed E-state index contributed by atoms with van der Waals surface area (Å²) < 4.78 is 36.5. The summed E-state index contributed by atoms with van der Waals surface area (Å²) in [5.74, 6) is 0.313. The number of aromatic amines is 1. The number of hydrogen-bond acceptors (Lipinski definition) is 5. The molecule has 0 saturated heterocycles. The monoisotopic (exact) mass is 260 g/mol. The maximum absolute atomic E-state index is 12.2. The fraction of sp³-hybridized carbons (Fsp3) is 0.444. The number of anilines is 2. The van der Waals surface area contributed by atoms with Gasteiger partial charge in [0, 0.05) is 6.54 Å². The number of hydrogen-bond donors (Lipinski definition) is 3. The van der Waals surface area contributed by atoms with Crippen molar-refractivity contribution in [2.24, 2.45) is 0 Å². The molecule has 3 N–H and O–H groups in total. The third kappa shape index (κ3) is 2.79. The third-order valence-corrected chi connectivity index (χ3v) is 2.08. The number of fused-ring (bicyclic) bond motifs is 1. The van der Waals surface area contributed by atoms with E-state index in [1.807, 2.05) is 6.92 Å². The SMILES string of the molecule is CCNc1nc(NCC(F)(F)F)c2[nH]cnc2n1. The van der Waals surface area contributed by atoms with E-state index in [0.29, 0.717) is 17.7 Å². The summed E-state index contributed by atoms with van der Waals surface area (Å²) >= 11 is 0. The largest absolute Gasteiger partial charge is 0.405 e. The van der Waals surface area contributed by atoms with E-state index in [2.05, 4.69) is 30.6 Å². The predicted octanol–water partition coefficient (Wildman–Crippen LogP) is 1.76. The normalized spacial score (nSPS) is 11.8. The van der Waals surface area contributed by atoms with Gasteiger partial charge in [-0.1, -0.05) is 0 Å². The lowest BCUT2D eigenvalue weighted by Gasteiger charge is -2.10. The van der Waals surface area contributed by atoms with Gasteiger partial charge in [-0.2, -0.15) is 23.1 Å². The van der Waals surface area contributed by atoms with E-state index < -0.39 is 12.7 Å². The second-order valence-corrected chi connectivity index (χ2v) is 3.50. The van der Waals surface area contributed by atoms with Gasteiger partial charge in [0.1, 0.15) is 12.1 Å². The molecular weight excluding hydrogens is 249 g/mol. The molecule has 0 fully saturated rings. The van der Waals surface area contributed by atoms with E-state index in [4.69, 9.17) is 0 Å². The smallest absolute Gasteiger partial charge is 0.359 e. The molecule has 0 amide bonds. The van der Waals surface area contributed by atoms with Crippen molar-refractivity contribution in [3.63, 3.8) is 0 Å². The Hall–Kier alpha value is -2.06. The molecule has 2 rings (SSSR count). The second-order valence-electron chi connectivity index (χ2n) is 3.50. The highest BCUT2D eigenvalue weighted by Gasteiger charge is 2.27. The zero-order valence-electron chi connectivity index (χ0n) is 9.47. The van der Waals surface area contributed by atoms with Crippen LogP contribution in [0.3, 0.4) is 0 Å². The first-order chi connectivity index (χ1) is 8.49. The summed E-state index contributed by atoms with van der Waals surface area (Å²) in [7, 11) is 0. The summed E-state index contributed by atoms with van der Waals surface area (Å²) in [5.41, 5.74) is 0.659. The number of rotatable bonds is 4. The van der Waals surface area contributed by atoms with Gasteiger partial charge in [0.05, 0.1) is 6.33 Å². The molecule has 98 valence electrons. The van der Waals surface area contributed by atoms with Crippen molar-refractivity contribution in [3.8, 4) is 0 Å². The molecule has 2 aromatic heterocycles. The van der Waals surface area contributed by atoms with Crippen LogP contribution in [0.2, 0.25) is 0 Å². The van der Waals surface area contributed by atoms with Crippen molar-refractivity contribution in [1.82, 2.24) is 19.9 Å². The first-order valence-electron chi connectivity index (χ1n) is 5.25. The molecule has 0 aliphatic rings. The second kappa shape index (κ2) is 4.67. The quantitative estimate of drug-likeness (QED) is 0.780. The molecule has 0 radical (unpaired) electrons. The minimum absolute atomic E-state index is 0.0748. The predicted molar refractivity (Wildman–Crippen MR) is 60.4 cm³/mol.